The second kappa shape index (κ2) is 6.69. The van der Waals surface area contributed by atoms with Gasteiger partial charge in [-0.25, -0.2) is 4.79 Å². The molecule has 1 aliphatic carbocycles. The number of amides is 4. The van der Waals surface area contributed by atoms with Crippen LogP contribution in [0.1, 0.15) is 33.6 Å². The Morgan fingerprint density at radius 1 is 1.10 bits per heavy atom. The summed E-state index contributed by atoms with van der Waals surface area (Å²) in [6.45, 7) is 5.61. The lowest BCUT2D eigenvalue weighted by Gasteiger charge is -2.21. The van der Waals surface area contributed by atoms with E-state index in [0.29, 0.717) is 6.04 Å². The van der Waals surface area contributed by atoms with E-state index >= 15 is 0 Å². The Balaban J connectivity index is 2.22. The van der Waals surface area contributed by atoms with Gasteiger partial charge in [0, 0.05) is 11.6 Å². The smallest absolute Gasteiger partial charge is 0.321 e. The van der Waals surface area contributed by atoms with Crippen LogP contribution in [-0.4, -0.2) is 54.5 Å². The number of carbonyl (C=O) groups excluding carboxylic acids is 3. The maximum atomic E-state index is 11.6. The monoisotopic (exact) mass is 284 g/mol. The van der Waals surface area contributed by atoms with Crippen molar-refractivity contribution in [2.75, 3.05) is 20.1 Å². The summed E-state index contributed by atoms with van der Waals surface area (Å²) >= 11 is 0. The maximum Gasteiger partial charge on any atom is 0.321 e. The van der Waals surface area contributed by atoms with E-state index in [1.165, 1.54) is 0 Å². The zero-order valence-corrected chi connectivity index (χ0v) is 12.6. The largest absolute Gasteiger partial charge is 0.352 e. The Morgan fingerprint density at radius 3 is 2.15 bits per heavy atom. The number of nitrogens with one attached hydrogen (secondary N) is 3. The normalized spacial score (nSPS) is 14.8. The SMILES string of the molecule is CN(CC(=O)NC(=O)NC(C)(C)C)CC(=O)NC1CC1. The highest BCUT2D eigenvalue weighted by Gasteiger charge is 2.24. The van der Waals surface area contributed by atoms with Crippen LogP contribution in [0, 0.1) is 0 Å². The molecule has 1 rings (SSSR count). The van der Waals surface area contributed by atoms with Crippen LogP contribution in [0.25, 0.3) is 0 Å². The lowest BCUT2D eigenvalue weighted by atomic mass is 10.1. The van der Waals surface area contributed by atoms with E-state index in [4.69, 9.17) is 0 Å². The first-order valence-electron chi connectivity index (χ1n) is 6.75. The van der Waals surface area contributed by atoms with Crippen LogP contribution >= 0.6 is 0 Å². The Hall–Kier alpha value is -1.63. The van der Waals surface area contributed by atoms with Gasteiger partial charge in [-0.05, 0) is 40.7 Å². The van der Waals surface area contributed by atoms with E-state index in [1.807, 2.05) is 20.8 Å². The molecule has 0 aromatic heterocycles. The van der Waals surface area contributed by atoms with Gasteiger partial charge in [-0.3, -0.25) is 19.8 Å². The Bertz CT molecular complexity index is 386. The zero-order valence-electron chi connectivity index (χ0n) is 12.6. The highest BCUT2D eigenvalue weighted by atomic mass is 16.2. The third-order valence-corrected chi connectivity index (χ3v) is 2.51. The third kappa shape index (κ3) is 7.73. The minimum atomic E-state index is -0.529. The fourth-order valence-electron chi connectivity index (χ4n) is 1.59. The molecule has 0 radical (unpaired) electrons. The average Bonchev–Trinajstić information content (AvgIpc) is 2.96. The Labute approximate surface area is 119 Å². The predicted molar refractivity (Wildman–Crippen MR) is 75.1 cm³/mol. The molecule has 0 aliphatic heterocycles. The summed E-state index contributed by atoms with van der Waals surface area (Å²) in [5, 5.41) is 7.70. The average molecular weight is 284 g/mol. The standard InChI is InChI=1S/C13H24N4O3/c1-13(2,3)16-12(20)15-11(19)8-17(4)7-10(18)14-9-5-6-9/h9H,5-8H2,1-4H3,(H,14,18)(H2,15,16,19,20). The van der Waals surface area contributed by atoms with Gasteiger partial charge in [0.2, 0.25) is 11.8 Å². The third-order valence-electron chi connectivity index (χ3n) is 2.51. The van der Waals surface area contributed by atoms with Gasteiger partial charge in [0.25, 0.3) is 0 Å². The molecule has 1 fully saturated rings. The van der Waals surface area contributed by atoms with Crippen LogP contribution < -0.4 is 16.0 Å². The number of rotatable bonds is 5. The summed E-state index contributed by atoms with van der Waals surface area (Å²) in [7, 11) is 1.66. The zero-order chi connectivity index (χ0) is 15.3. The molecule has 4 amide bonds. The number of hydrogen-bond donors (Lipinski definition) is 3. The summed E-state index contributed by atoms with van der Waals surface area (Å²) in [5.74, 6) is -0.532. The van der Waals surface area contributed by atoms with Crippen LogP contribution in [0.5, 0.6) is 0 Å². The van der Waals surface area contributed by atoms with E-state index in [-0.39, 0.29) is 19.0 Å². The molecule has 114 valence electrons. The van der Waals surface area contributed by atoms with E-state index in [0.717, 1.165) is 12.8 Å². The molecular weight excluding hydrogens is 260 g/mol. The maximum absolute atomic E-state index is 11.6. The van der Waals surface area contributed by atoms with Crippen molar-refractivity contribution in [3.05, 3.63) is 0 Å². The van der Waals surface area contributed by atoms with Crippen molar-refractivity contribution in [2.45, 2.75) is 45.2 Å². The van der Waals surface area contributed by atoms with Crippen molar-refractivity contribution in [3.8, 4) is 0 Å². The number of imide groups is 1. The molecule has 0 spiro atoms. The lowest BCUT2D eigenvalue weighted by Crippen LogP contribution is -2.50. The van der Waals surface area contributed by atoms with Gasteiger partial charge in [0.05, 0.1) is 13.1 Å². The first-order chi connectivity index (χ1) is 9.15. The number of hydrogen-bond acceptors (Lipinski definition) is 4. The van der Waals surface area contributed by atoms with Crippen molar-refractivity contribution in [1.29, 1.82) is 0 Å². The van der Waals surface area contributed by atoms with Gasteiger partial charge in [-0.15, -0.1) is 0 Å². The fourth-order valence-corrected chi connectivity index (χ4v) is 1.59. The van der Waals surface area contributed by atoms with Crippen LogP contribution in [0.15, 0.2) is 0 Å². The van der Waals surface area contributed by atoms with Gasteiger partial charge in [-0.2, -0.15) is 0 Å². The lowest BCUT2D eigenvalue weighted by molar-refractivity contribution is -0.124. The summed E-state index contributed by atoms with van der Waals surface area (Å²) < 4.78 is 0. The molecule has 1 aliphatic rings. The van der Waals surface area contributed by atoms with Gasteiger partial charge < -0.3 is 10.6 Å². The van der Waals surface area contributed by atoms with Crippen LogP contribution in [0.2, 0.25) is 0 Å². The van der Waals surface area contributed by atoms with Crippen LogP contribution in [0.4, 0.5) is 4.79 Å². The molecule has 0 saturated heterocycles. The topological polar surface area (TPSA) is 90.5 Å². The molecule has 0 atom stereocenters. The molecule has 0 heterocycles. The number of carbonyl (C=O) groups is 3. The molecule has 7 nitrogen and oxygen atoms in total. The molecule has 3 N–H and O–H groups in total. The summed E-state index contributed by atoms with van der Waals surface area (Å²) in [6.07, 6.45) is 2.06. The van der Waals surface area contributed by atoms with Crippen molar-refractivity contribution in [3.63, 3.8) is 0 Å². The van der Waals surface area contributed by atoms with E-state index in [9.17, 15) is 14.4 Å². The van der Waals surface area contributed by atoms with E-state index in [1.54, 1.807) is 11.9 Å². The van der Waals surface area contributed by atoms with Gasteiger partial charge in [0.15, 0.2) is 0 Å². The molecule has 0 bridgehead atoms. The summed E-state index contributed by atoms with van der Waals surface area (Å²) in [6, 6.07) is -0.222. The van der Waals surface area contributed by atoms with Crippen molar-refractivity contribution < 1.29 is 14.4 Å². The quantitative estimate of drug-likeness (QED) is 0.653. The highest BCUT2D eigenvalue weighted by molar-refractivity contribution is 5.95. The number of nitrogens with zero attached hydrogens (tertiary/aromatic N) is 1. The predicted octanol–water partition coefficient (Wildman–Crippen LogP) is -0.179. The second-order valence-corrected chi connectivity index (χ2v) is 6.27. The molecule has 20 heavy (non-hydrogen) atoms. The second-order valence-electron chi connectivity index (χ2n) is 6.27. The van der Waals surface area contributed by atoms with E-state index < -0.39 is 17.5 Å². The van der Waals surface area contributed by atoms with Crippen LogP contribution in [-0.2, 0) is 9.59 Å². The molecular formula is C13H24N4O3. The number of likely N-dealkylation sites (N-methyl/N-ethyl adjacent to an activating group) is 1. The highest BCUT2D eigenvalue weighted by Crippen LogP contribution is 2.18. The minimum Gasteiger partial charge on any atom is -0.352 e. The van der Waals surface area contributed by atoms with Crippen molar-refractivity contribution >= 4 is 17.8 Å². The summed E-state index contributed by atoms with van der Waals surface area (Å²) in [4.78, 5) is 36.2. The van der Waals surface area contributed by atoms with Gasteiger partial charge in [0.1, 0.15) is 0 Å². The summed E-state index contributed by atoms with van der Waals surface area (Å²) in [5.41, 5.74) is -0.402. The van der Waals surface area contributed by atoms with Crippen molar-refractivity contribution in [2.24, 2.45) is 0 Å². The van der Waals surface area contributed by atoms with Gasteiger partial charge in [-0.1, -0.05) is 0 Å². The first-order valence-corrected chi connectivity index (χ1v) is 6.75. The van der Waals surface area contributed by atoms with Gasteiger partial charge >= 0.3 is 6.03 Å². The molecule has 0 aromatic carbocycles. The Morgan fingerprint density at radius 2 is 1.65 bits per heavy atom. The first kappa shape index (κ1) is 16.4. The minimum absolute atomic E-state index is 0.00432. The van der Waals surface area contributed by atoms with Crippen LogP contribution in [0.3, 0.4) is 0 Å². The molecule has 0 aromatic rings. The fraction of sp³-hybridized carbons (Fsp3) is 0.769. The van der Waals surface area contributed by atoms with Crippen molar-refractivity contribution in [1.82, 2.24) is 20.9 Å². The Kier molecular flexibility index (Phi) is 5.50. The molecule has 0 unspecified atom stereocenters. The number of urea groups is 1. The molecule has 7 heteroatoms. The van der Waals surface area contributed by atoms with E-state index in [2.05, 4.69) is 16.0 Å². The molecule has 1 saturated carbocycles.